The molecule has 0 aliphatic heterocycles. The fourth-order valence-electron chi connectivity index (χ4n) is 2.95. The number of amides is 1. The second-order valence-electron chi connectivity index (χ2n) is 6.24. The minimum atomic E-state index is 0.0104. The molecule has 2 aromatic carbocycles. The van der Waals surface area contributed by atoms with Gasteiger partial charge in [-0.15, -0.1) is 0 Å². The van der Waals surface area contributed by atoms with Crippen molar-refractivity contribution in [3.63, 3.8) is 0 Å². The summed E-state index contributed by atoms with van der Waals surface area (Å²) in [6.45, 7) is 2.01. The molecule has 4 heteroatoms. The molecule has 0 saturated heterocycles. The SMILES string of the molecule is CC(NC(=O)CCc1cn(C)nc1-c1ccccc1)c1ccccc1. The molecule has 0 aliphatic rings. The van der Waals surface area contributed by atoms with E-state index < -0.39 is 0 Å². The van der Waals surface area contributed by atoms with Crippen LogP contribution in [0.2, 0.25) is 0 Å². The molecule has 3 rings (SSSR count). The van der Waals surface area contributed by atoms with E-state index in [-0.39, 0.29) is 11.9 Å². The minimum Gasteiger partial charge on any atom is -0.350 e. The van der Waals surface area contributed by atoms with E-state index >= 15 is 0 Å². The molecule has 1 aromatic heterocycles. The average molecular weight is 333 g/mol. The van der Waals surface area contributed by atoms with Crippen LogP contribution in [0.5, 0.6) is 0 Å². The van der Waals surface area contributed by atoms with E-state index in [9.17, 15) is 4.79 Å². The van der Waals surface area contributed by atoms with Gasteiger partial charge in [0, 0.05) is 25.2 Å². The van der Waals surface area contributed by atoms with Crippen LogP contribution in [0.4, 0.5) is 0 Å². The molecule has 0 aliphatic carbocycles. The maximum atomic E-state index is 12.3. The van der Waals surface area contributed by atoms with Crippen molar-refractivity contribution in [3.8, 4) is 11.3 Å². The lowest BCUT2D eigenvalue weighted by Crippen LogP contribution is -2.26. The smallest absolute Gasteiger partial charge is 0.220 e. The van der Waals surface area contributed by atoms with Crippen LogP contribution < -0.4 is 5.32 Å². The Hall–Kier alpha value is -2.88. The Morgan fingerprint density at radius 1 is 1.08 bits per heavy atom. The molecule has 0 fully saturated rings. The summed E-state index contributed by atoms with van der Waals surface area (Å²) in [7, 11) is 1.91. The Labute approximate surface area is 148 Å². The summed E-state index contributed by atoms with van der Waals surface area (Å²) < 4.78 is 1.81. The summed E-state index contributed by atoms with van der Waals surface area (Å²) in [5.41, 5.74) is 4.24. The Balaban J connectivity index is 1.63. The van der Waals surface area contributed by atoms with Crippen LogP contribution >= 0.6 is 0 Å². The number of aromatic nitrogens is 2. The third-order valence-electron chi connectivity index (χ3n) is 4.25. The second kappa shape index (κ2) is 7.79. The Morgan fingerprint density at radius 2 is 1.72 bits per heavy atom. The third kappa shape index (κ3) is 4.35. The van der Waals surface area contributed by atoms with Gasteiger partial charge in [-0.25, -0.2) is 0 Å². The lowest BCUT2D eigenvalue weighted by atomic mass is 10.0. The molecule has 128 valence electrons. The van der Waals surface area contributed by atoms with E-state index in [4.69, 9.17) is 0 Å². The number of nitrogens with one attached hydrogen (secondary N) is 1. The van der Waals surface area contributed by atoms with E-state index in [1.54, 1.807) is 0 Å². The minimum absolute atomic E-state index is 0.0104. The first kappa shape index (κ1) is 17.0. The van der Waals surface area contributed by atoms with Gasteiger partial charge in [-0.1, -0.05) is 60.7 Å². The Kier molecular flexibility index (Phi) is 5.29. The number of benzene rings is 2. The molecular formula is C21H23N3O. The Morgan fingerprint density at radius 3 is 2.40 bits per heavy atom. The van der Waals surface area contributed by atoms with Gasteiger partial charge >= 0.3 is 0 Å². The molecule has 0 radical (unpaired) electrons. The van der Waals surface area contributed by atoms with Gasteiger partial charge in [0.25, 0.3) is 0 Å². The van der Waals surface area contributed by atoms with Crippen molar-refractivity contribution in [3.05, 3.63) is 78.0 Å². The van der Waals surface area contributed by atoms with E-state index in [1.807, 2.05) is 85.5 Å². The van der Waals surface area contributed by atoms with Gasteiger partial charge in [0.2, 0.25) is 5.91 Å². The maximum absolute atomic E-state index is 12.3. The van der Waals surface area contributed by atoms with Crippen LogP contribution in [0, 0.1) is 0 Å². The van der Waals surface area contributed by atoms with Gasteiger partial charge in [-0.3, -0.25) is 9.48 Å². The summed E-state index contributed by atoms with van der Waals surface area (Å²) in [6, 6.07) is 20.1. The number of hydrogen-bond acceptors (Lipinski definition) is 2. The molecule has 0 spiro atoms. The van der Waals surface area contributed by atoms with Crippen molar-refractivity contribution in [2.75, 3.05) is 0 Å². The number of aryl methyl sites for hydroxylation is 2. The normalized spacial score (nSPS) is 11.9. The van der Waals surface area contributed by atoms with E-state index in [2.05, 4.69) is 10.4 Å². The van der Waals surface area contributed by atoms with Gasteiger partial charge in [-0.2, -0.15) is 5.10 Å². The summed E-state index contributed by atoms with van der Waals surface area (Å²) in [6.07, 6.45) is 3.12. The average Bonchev–Trinajstić information content (AvgIpc) is 3.02. The van der Waals surface area contributed by atoms with Gasteiger partial charge in [-0.05, 0) is 24.5 Å². The summed E-state index contributed by atoms with van der Waals surface area (Å²) in [4.78, 5) is 12.3. The fourth-order valence-corrected chi connectivity index (χ4v) is 2.95. The van der Waals surface area contributed by atoms with Crippen molar-refractivity contribution in [2.45, 2.75) is 25.8 Å². The third-order valence-corrected chi connectivity index (χ3v) is 4.25. The molecule has 1 atom stereocenters. The summed E-state index contributed by atoms with van der Waals surface area (Å²) in [5.74, 6) is 0.0548. The van der Waals surface area contributed by atoms with Crippen LogP contribution in [0.1, 0.15) is 30.5 Å². The standard InChI is InChI=1S/C21H23N3O/c1-16(17-9-5-3-6-10-17)22-20(25)14-13-19-15-24(2)23-21(19)18-11-7-4-8-12-18/h3-12,15-16H,13-14H2,1-2H3,(H,22,25). The van der Waals surface area contributed by atoms with Gasteiger partial charge in [0.15, 0.2) is 0 Å². The van der Waals surface area contributed by atoms with Crippen LogP contribution in [0.3, 0.4) is 0 Å². The van der Waals surface area contributed by atoms with Crippen LogP contribution in [-0.4, -0.2) is 15.7 Å². The predicted octanol–water partition coefficient (Wildman–Crippen LogP) is 3.90. The molecule has 1 amide bonds. The van der Waals surface area contributed by atoms with Crippen molar-refractivity contribution in [1.82, 2.24) is 15.1 Å². The molecule has 3 aromatic rings. The van der Waals surface area contributed by atoms with Crippen LogP contribution in [-0.2, 0) is 18.3 Å². The molecule has 1 N–H and O–H groups in total. The molecular weight excluding hydrogens is 310 g/mol. The van der Waals surface area contributed by atoms with Gasteiger partial charge < -0.3 is 5.32 Å². The topological polar surface area (TPSA) is 46.9 Å². The van der Waals surface area contributed by atoms with Crippen LogP contribution in [0.25, 0.3) is 11.3 Å². The van der Waals surface area contributed by atoms with E-state index in [0.29, 0.717) is 12.8 Å². The number of hydrogen-bond donors (Lipinski definition) is 1. The van der Waals surface area contributed by atoms with Crippen molar-refractivity contribution in [1.29, 1.82) is 0 Å². The summed E-state index contributed by atoms with van der Waals surface area (Å²) >= 11 is 0. The van der Waals surface area contributed by atoms with E-state index in [1.165, 1.54) is 0 Å². The first-order valence-corrected chi connectivity index (χ1v) is 8.55. The van der Waals surface area contributed by atoms with Gasteiger partial charge in [0.05, 0.1) is 11.7 Å². The number of carbonyl (C=O) groups excluding carboxylic acids is 1. The maximum Gasteiger partial charge on any atom is 0.220 e. The van der Waals surface area contributed by atoms with Crippen LogP contribution in [0.15, 0.2) is 66.9 Å². The zero-order valence-electron chi connectivity index (χ0n) is 14.6. The van der Waals surface area contributed by atoms with E-state index in [0.717, 1.165) is 22.4 Å². The largest absolute Gasteiger partial charge is 0.350 e. The predicted molar refractivity (Wildman–Crippen MR) is 100.0 cm³/mol. The first-order valence-electron chi connectivity index (χ1n) is 8.55. The van der Waals surface area contributed by atoms with Crippen molar-refractivity contribution < 1.29 is 4.79 Å². The van der Waals surface area contributed by atoms with Gasteiger partial charge in [0.1, 0.15) is 0 Å². The highest BCUT2D eigenvalue weighted by atomic mass is 16.1. The summed E-state index contributed by atoms with van der Waals surface area (Å²) in [5, 5.41) is 7.62. The quantitative estimate of drug-likeness (QED) is 0.744. The lowest BCUT2D eigenvalue weighted by Gasteiger charge is -2.14. The molecule has 0 bridgehead atoms. The lowest BCUT2D eigenvalue weighted by molar-refractivity contribution is -0.121. The molecule has 0 saturated carbocycles. The molecule has 1 unspecified atom stereocenters. The highest BCUT2D eigenvalue weighted by molar-refractivity contribution is 5.77. The monoisotopic (exact) mass is 333 g/mol. The number of carbonyl (C=O) groups is 1. The number of rotatable bonds is 6. The first-order chi connectivity index (χ1) is 12.1. The molecule has 1 heterocycles. The number of nitrogens with zero attached hydrogens (tertiary/aromatic N) is 2. The Bertz CT molecular complexity index is 825. The highest BCUT2D eigenvalue weighted by Gasteiger charge is 2.13. The fraction of sp³-hybridized carbons (Fsp3) is 0.238. The molecule has 25 heavy (non-hydrogen) atoms. The van der Waals surface area contributed by atoms with Crippen molar-refractivity contribution >= 4 is 5.91 Å². The molecule has 4 nitrogen and oxygen atoms in total. The van der Waals surface area contributed by atoms with Crippen molar-refractivity contribution in [2.24, 2.45) is 7.05 Å². The highest BCUT2D eigenvalue weighted by Crippen LogP contribution is 2.22. The second-order valence-corrected chi connectivity index (χ2v) is 6.24. The zero-order chi connectivity index (χ0) is 17.6. The zero-order valence-corrected chi connectivity index (χ0v) is 14.6.